The Bertz CT molecular complexity index is 955. The van der Waals surface area contributed by atoms with Crippen LogP contribution < -0.4 is 5.32 Å². The molecule has 2 aromatic carbocycles. The highest BCUT2D eigenvalue weighted by Gasteiger charge is 2.20. The van der Waals surface area contributed by atoms with Gasteiger partial charge in [-0.2, -0.15) is 0 Å². The van der Waals surface area contributed by atoms with Crippen LogP contribution >= 0.6 is 11.6 Å². The summed E-state index contributed by atoms with van der Waals surface area (Å²) in [6.45, 7) is 5.50. The van der Waals surface area contributed by atoms with Gasteiger partial charge in [0.2, 0.25) is 11.7 Å². The predicted octanol–water partition coefficient (Wildman–Crippen LogP) is 5.22. The summed E-state index contributed by atoms with van der Waals surface area (Å²) in [5.41, 5.74) is 2.55. The van der Waals surface area contributed by atoms with Crippen molar-refractivity contribution in [1.82, 2.24) is 0 Å². The van der Waals surface area contributed by atoms with Crippen LogP contribution in [-0.2, 0) is 4.79 Å². The van der Waals surface area contributed by atoms with Crippen molar-refractivity contribution in [3.05, 3.63) is 64.4 Å². The van der Waals surface area contributed by atoms with Crippen molar-refractivity contribution in [1.29, 1.82) is 0 Å². The summed E-state index contributed by atoms with van der Waals surface area (Å²) in [4.78, 5) is 24.6. The lowest BCUT2D eigenvalue weighted by Crippen LogP contribution is -2.17. The fraction of sp³-hybridized carbons (Fsp3) is 0.200. The van der Waals surface area contributed by atoms with Crippen LogP contribution in [0.3, 0.4) is 0 Å². The van der Waals surface area contributed by atoms with E-state index in [2.05, 4.69) is 5.32 Å². The number of nitrogens with one attached hydrogen (secondary N) is 1. The molecule has 128 valence electrons. The van der Waals surface area contributed by atoms with Gasteiger partial charge < -0.3 is 9.73 Å². The number of hydrogen-bond acceptors (Lipinski definition) is 3. The first-order valence-electron chi connectivity index (χ1n) is 8.01. The number of carbonyl (C=O) groups is 2. The second kappa shape index (κ2) is 6.73. The van der Waals surface area contributed by atoms with Gasteiger partial charge in [0.15, 0.2) is 5.76 Å². The molecule has 0 saturated heterocycles. The second-order valence-corrected chi connectivity index (χ2v) is 6.68. The molecule has 0 aliphatic rings. The predicted molar refractivity (Wildman–Crippen MR) is 99.3 cm³/mol. The normalized spacial score (nSPS) is 11.1. The Morgan fingerprint density at radius 1 is 1.08 bits per heavy atom. The van der Waals surface area contributed by atoms with Crippen LogP contribution in [0.25, 0.3) is 11.0 Å². The first-order valence-corrected chi connectivity index (χ1v) is 8.39. The smallest absolute Gasteiger partial charge is 0.228 e. The molecule has 0 radical (unpaired) electrons. The molecule has 3 aromatic rings. The van der Waals surface area contributed by atoms with E-state index >= 15 is 0 Å². The van der Waals surface area contributed by atoms with Gasteiger partial charge >= 0.3 is 0 Å². The van der Waals surface area contributed by atoms with Crippen LogP contribution in [0, 0.1) is 12.8 Å². The number of hydrogen-bond donors (Lipinski definition) is 1. The average Bonchev–Trinajstić information content (AvgIpc) is 2.91. The third kappa shape index (κ3) is 3.44. The van der Waals surface area contributed by atoms with Crippen molar-refractivity contribution in [3.63, 3.8) is 0 Å². The van der Waals surface area contributed by atoms with E-state index in [4.69, 9.17) is 16.0 Å². The molecule has 1 amide bonds. The lowest BCUT2D eigenvalue weighted by Gasteiger charge is -2.07. The second-order valence-electron chi connectivity index (χ2n) is 6.25. The van der Waals surface area contributed by atoms with Crippen molar-refractivity contribution in [2.75, 3.05) is 5.32 Å². The number of carbonyl (C=O) groups excluding carboxylic acids is 2. The van der Waals surface area contributed by atoms with Crippen molar-refractivity contribution < 1.29 is 14.0 Å². The highest BCUT2D eigenvalue weighted by molar-refractivity contribution is 6.30. The van der Waals surface area contributed by atoms with E-state index in [0.717, 1.165) is 10.9 Å². The zero-order valence-electron chi connectivity index (χ0n) is 14.2. The van der Waals surface area contributed by atoms with Crippen molar-refractivity contribution >= 4 is 39.9 Å². The average molecular weight is 356 g/mol. The summed E-state index contributed by atoms with van der Waals surface area (Å²) in [6, 6.07) is 12.0. The van der Waals surface area contributed by atoms with Gasteiger partial charge in [0.25, 0.3) is 0 Å². The molecule has 0 spiro atoms. The summed E-state index contributed by atoms with van der Waals surface area (Å²) >= 11 is 5.87. The van der Waals surface area contributed by atoms with E-state index < -0.39 is 0 Å². The molecule has 0 unspecified atom stereocenters. The van der Waals surface area contributed by atoms with Gasteiger partial charge in [-0.3, -0.25) is 9.59 Å². The monoisotopic (exact) mass is 355 g/mol. The number of aryl methyl sites for hydroxylation is 1. The molecule has 0 fully saturated rings. The van der Waals surface area contributed by atoms with E-state index in [1.807, 2.05) is 26.8 Å². The standard InChI is InChI=1S/C20H18ClNO3/c1-11(2)20(24)22-15-8-9-17-16(10-15)12(3)19(25-17)18(23)13-4-6-14(21)7-5-13/h4-11H,1-3H3,(H,22,24). The SMILES string of the molecule is Cc1c(C(=O)c2ccc(Cl)cc2)oc2ccc(NC(=O)C(C)C)cc12. The highest BCUT2D eigenvalue weighted by atomic mass is 35.5. The van der Waals surface area contributed by atoms with Gasteiger partial charge in [-0.15, -0.1) is 0 Å². The third-order valence-corrected chi connectivity index (χ3v) is 4.29. The summed E-state index contributed by atoms with van der Waals surface area (Å²) in [5.74, 6) is -0.0658. The molecular formula is C20H18ClNO3. The van der Waals surface area contributed by atoms with Gasteiger partial charge in [0.1, 0.15) is 5.58 Å². The molecule has 25 heavy (non-hydrogen) atoms. The molecule has 4 nitrogen and oxygen atoms in total. The minimum absolute atomic E-state index is 0.0574. The van der Waals surface area contributed by atoms with E-state index in [0.29, 0.717) is 27.6 Å². The summed E-state index contributed by atoms with van der Waals surface area (Å²) in [5, 5.41) is 4.23. The molecule has 1 N–H and O–H groups in total. The maximum absolute atomic E-state index is 12.7. The molecule has 0 bridgehead atoms. The minimum atomic E-state index is -0.196. The highest BCUT2D eigenvalue weighted by Crippen LogP contribution is 2.29. The number of rotatable bonds is 4. The van der Waals surface area contributed by atoms with Crippen molar-refractivity contribution in [2.45, 2.75) is 20.8 Å². The molecule has 1 heterocycles. The van der Waals surface area contributed by atoms with Gasteiger partial charge in [-0.05, 0) is 49.4 Å². The number of anilines is 1. The Balaban J connectivity index is 1.98. The van der Waals surface area contributed by atoms with Gasteiger partial charge in [0, 0.05) is 33.1 Å². The maximum atomic E-state index is 12.7. The molecule has 1 aromatic heterocycles. The van der Waals surface area contributed by atoms with Gasteiger partial charge in [-0.1, -0.05) is 25.4 Å². The van der Waals surface area contributed by atoms with Crippen LogP contribution in [0.2, 0.25) is 5.02 Å². The third-order valence-electron chi connectivity index (χ3n) is 4.04. The summed E-state index contributed by atoms with van der Waals surface area (Å²) in [7, 11) is 0. The fourth-order valence-electron chi connectivity index (χ4n) is 2.53. The maximum Gasteiger partial charge on any atom is 0.228 e. The molecule has 0 atom stereocenters. The van der Waals surface area contributed by atoms with Crippen LogP contribution in [0.4, 0.5) is 5.69 Å². The number of ketones is 1. The van der Waals surface area contributed by atoms with E-state index in [9.17, 15) is 9.59 Å². The van der Waals surface area contributed by atoms with Crippen molar-refractivity contribution in [2.24, 2.45) is 5.92 Å². The number of benzene rings is 2. The Hall–Kier alpha value is -2.59. The lowest BCUT2D eigenvalue weighted by molar-refractivity contribution is -0.118. The van der Waals surface area contributed by atoms with Crippen molar-refractivity contribution in [3.8, 4) is 0 Å². The Labute approximate surface area is 150 Å². The molecular weight excluding hydrogens is 338 g/mol. The molecule has 0 saturated carbocycles. The quantitative estimate of drug-likeness (QED) is 0.652. The molecule has 5 heteroatoms. The summed E-state index contributed by atoms with van der Waals surface area (Å²) in [6.07, 6.45) is 0. The number of fused-ring (bicyclic) bond motifs is 1. The molecule has 3 rings (SSSR count). The number of halogens is 1. The van der Waals surface area contributed by atoms with E-state index in [1.165, 1.54) is 0 Å². The van der Waals surface area contributed by atoms with Crippen LogP contribution in [0.1, 0.15) is 35.5 Å². The topological polar surface area (TPSA) is 59.3 Å². The first kappa shape index (κ1) is 17.2. The van der Waals surface area contributed by atoms with Gasteiger partial charge in [0.05, 0.1) is 0 Å². The number of amides is 1. The zero-order valence-corrected chi connectivity index (χ0v) is 15.0. The number of furan rings is 1. The van der Waals surface area contributed by atoms with Crippen LogP contribution in [0.5, 0.6) is 0 Å². The molecule has 0 aliphatic heterocycles. The minimum Gasteiger partial charge on any atom is -0.452 e. The fourth-order valence-corrected chi connectivity index (χ4v) is 2.66. The Morgan fingerprint density at radius 3 is 2.40 bits per heavy atom. The van der Waals surface area contributed by atoms with Crippen LogP contribution in [0.15, 0.2) is 46.9 Å². The molecule has 0 aliphatic carbocycles. The zero-order chi connectivity index (χ0) is 18.1. The van der Waals surface area contributed by atoms with E-state index in [-0.39, 0.29) is 17.6 Å². The van der Waals surface area contributed by atoms with Crippen LogP contribution in [-0.4, -0.2) is 11.7 Å². The Kier molecular flexibility index (Phi) is 4.64. The largest absolute Gasteiger partial charge is 0.452 e. The lowest BCUT2D eigenvalue weighted by atomic mass is 10.0. The first-order chi connectivity index (χ1) is 11.9. The van der Waals surface area contributed by atoms with Gasteiger partial charge in [-0.25, -0.2) is 0 Å². The summed E-state index contributed by atoms with van der Waals surface area (Å²) < 4.78 is 5.76. The van der Waals surface area contributed by atoms with E-state index in [1.54, 1.807) is 36.4 Å². The Morgan fingerprint density at radius 2 is 1.76 bits per heavy atom.